The fraction of sp³-hybridized carbons (Fsp3) is 0.909. The Kier molecular flexibility index (Phi) is 4.98. The maximum atomic E-state index is 12.9. The molecule has 7 heteroatoms. The highest BCUT2D eigenvalue weighted by Gasteiger charge is 2.47. The number of rotatable bonds is 5. The summed E-state index contributed by atoms with van der Waals surface area (Å²) in [6, 6.07) is -2.09. The average Bonchev–Trinajstić information content (AvgIpc) is 2.59. The normalized spacial score (nSPS) is 23.6. The summed E-state index contributed by atoms with van der Waals surface area (Å²) in [4.78, 5) is 13.7. The van der Waals surface area contributed by atoms with Gasteiger partial charge in [-0.15, -0.1) is 0 Å². The molecule has 0 radical (unpaired) electrons. The zero-order chi connectivity index (χ0) is 13.9. The number of hydrogen-bond acceptors (Lipinski definition) is 3. The number of carboxylic acid groups (broad SMARTS) is 1. The van der Waals surface area contributed by atoms with Gasteiger partial charge in [0.05, 0.1) is 6.42 Å². The Morgan fingerprint density at radius 1 is 1.50 bits per heavy atom. The second-order valence-electron chi connectivity index (χ2n) is 4.95. The molecule has 1 N–H and O–H groups in total. The van der Waals surface area contributed by atoms with Crippen LogP contribution in [0.2, 0.25) is 0 Å². The monoisotopic (exact) mass is 268 g/mol. The number of halogens is 3. The third kappa shape index (κ3) is 4.13. The first-order valence-corrected chi connectivity index (χ1v) is 5.90. The molecule has 0 saturated carbocycles. The second kappa shape index (κ2) is 5.88. The molecule has 0 bridgehead atoms. The highest BCUT2D eigenvalue weighted by Crippen LogP contribution is 2.32. The minimum Gasteiger partial charge on any atom is -0.481 e. The Labute approximate surface area is 104 Å². The number of aliphatic carboxylic acids is 1. The highest BCUT2D eigenvalue weighted by molar-refractivity contribution is 5.67. The van der Waals surface area contributed by atoms with Gasteiger partial charge in [-0.3, -0.25) is 9.69 Å². The molecule has 106 valence electrons. The van der Waals surface area contributed by atoms with Crippen molar-refractivity contribution in [3.8, 4) is 0 Å². The summed E-state index contributed by atoms with van der Waals surface area (Å²) < 4.78 is 38.8. The van der Waals surface area contributed by atoms with E-state index >= 15 is 0 Å². The Morgan fingerprint density at radius 2 is 2.11 bits per heavy atom. The number of alkyl halides is 3. The van der Waals surface area contributed by atoms with Crippen LogP contribution < -0.4 is 0 Å². The van der Waals surface area contributed by atoms with Gasteiger partial charge in [0.25, 0.3) is 0 Å². The summed E-state index contributed by atoms with van der Waals surface area (Å²) in [5.41, 5.74) is 0. The molecule has 0 aromatic carbocycles. The van der Waals surface area contributed by atoms with Crippen molar-refractivity contribution in [3.63, 3.8) is 0 Å². The van der Waals surface area contributed by atoms with Crippen LogP contribution in [-0.2, 0) is 4.79 Å². The maximum Gasteiger partial charge on any atom is 0.404 e. The standard InChI is InChI=1S/C11H19F3N2O2/c1-15(2)7-8-4-3-5-16(8)9(6-10(17)18)11(12,13)14/h8-9H,3-7H2,1-2H3,(H,17,18). The predicted octanol–water partition coefficient (Wildman–Crippen LogP) is 1.42. The molecule has 0 spiro atoms. The zero-order valence-electron chi connectivity index (χ0n) is 10.6. The quantitative estimate of drug-likeness (QED) is 0.819. The van der Waals surface area contributed by atoms with Crippen molar-refractivity contribution in [1.82, 2.24) is 9.80 Å². The van der Waals surface area contributed by atoms with Crippen LogP contribution in [0.15, 0.2) is 0 Å². The van der Waals surface area contributed by atoms with E-state index in [9.17, 15) is 18.0 Å². The maximum absolute atomic E-state index is 12.9. The first-order valence-electron chi connectivity index (χ1n) is 5.90. The molecule has 1 aliphatic heterocycles. The predicted molar refractivity (Wildman–Crippen MR) is 60.4 cm³/mol. The molecule has 0 aliphatic carbocycles. The molecule has 1 saturated heterocycles. The summed E-state index contributed by atoms with van der Waals surface area (Å²) in [7, 11) is 3.60. The van der Waals surface area contributed by atoms with E-state index in [0.29, 0.717) is 25.9 Å². The molecule has 1 heterocycles. The number of nitrogens with zero attached hydrogens (tertiary/aromatic N) is 2. The zero-order valence-corrected chi connectivity index (χ0v) is 10.6. The van der Waals surface area contributed by atoms with Gasteiger partial charge < -0.3 is 10.0 Å². The molecule has 1 aliphatic rings. The van der Waals surface area contributed by atoms with Crippen LogP contribution in [0.1, 0.15) is 19.3 Å². The molecule has 1 fully saturated rings. The fourth-order valence-corrected chi connectivity index (χ4v) is 2.47. The number of carbonyl (C=O) groups is 1. The molecular weight excluding hydrogens is 249 g/mol. The minimum absolute atomic E-state index is 0.217. The van der Waals surface area contributed by atoms with E-state index in [2.05, 4.69) is 0 Å². The summed E-state index contributed by atoms with van der Waals surface area (Å²) in [5, 5.41) is 8.64. The molecule has 2 atom stereocenters. The van der Waals surface area contributed by atoms with Crippen molar-refractivity contribution < 1.29 is 23.1 Å². The van der Waals surface area contributed by atoms with Crippen LogP contribution in [0.3, 0.4) is 0 Å². The number of hydrogen-bond donors (Lipinski definition) is 1. The van der Waals surface area contributed by atoms with Gasteiger partial charge in [0.1, 0.15) is 6.04 Å². The molecule has 1 rings (SSSR count). The molecule has 0 aromatic heterocycles. The van der Waals surface area contributed by atoms with Crippen molar-refractivity contribution in [1.29, 1.82) is 0 Å². The Morgan fingerprint density at radius 3 is 2.56 bits per heavy atom. The SMILES string of the molecule is CN(C)CC1CCCN1C(CC(=O)O)C(F)(F)F. The summed E-state index contributed by atoms with van der Waals surface area (Å²) in [6.07, 6.45) is -4.00. The van der Waals surface area contributed by atoms with E-state index in [1.165, 1.54) is 4.90 Å². The van der Waals surface area contributed by atoms with E-state index in [4.69, 9.17) is 5.11 Å². The third-order valence-electron chi connectivity index (χ3n) is 3.14. The van der Waals surface area contributed by atoms with Crippen LogP contribution in [0.5, 0.6) is 0 Å². The van der Waals surface area contributed by atoms with Crippen molar-refractivity contribution in [2.24, 2.45) is 0 Å². The fourth-order valence-electron chi connectivity index (χ4n) is 2.47. The molecular formula is C11H19F3N2O2. The second-order valence-corrected chi connectivity index (χ2v) is 4.95. The Balaban J connectivity index is 2.80. The van der Waals surface area contributed by atoms with Crippen LogP contribution in [0.4, 0.5) is 13.2 Å². The van der Waals surface area contributed by atoms with Gasteiger partial charge in [-0.25, -0.2) is 0 Å². The summed E-state index contributed by atoms with van der Waals surface area (Å²) in [5.74, 6) is -1.41. The first kappa shape index (κ1) is 15.2. The van der Waals surface area contributed by atoms with E-state index in [0.717, 1.165) is 0 Å². The van der Waals surface area contributed by atoms with Gasteiger partial charge in [0.15, 0.2) is 0 Å². The van der Waals surface area contributed by atoms with Crippen LogP contribution in [-0.4, -0.2) is 66.3 Å². The van der Waals surface area contributed by atoms with Crippen molar-refractivity contribution >= 4 is 5.97 Å². The van der Waals surface area contributed by atoms with Gasteiger partial charge in [0, 0.05) is 12.6 Å². The van der Waals surface area contributed by atoms with Crippen LogP contribution in [0, 0.1) is 0 Å². The van der Waals surface area contributed by atoms with Gasteiger partial charge >= 0.3 is 12.1 Å². The Bertz CT molecular complexity index is 295. The largest absolute Gasteiger partial charge is 0.481 e. The van der Waals surface area contributed by atoms with Crippen molar-refractivity contribution in [3.05, 3.63) is 0 Å². The van der Waals surface area contributed by atoms with Gasteiger partial charge in [0.2, 0.25) is 0 Å². The lowest BCUT2D eigenvalue weighted by Gasteiger charge is -2.34. The van der Waals surface area contributed by atoms with Crippen LogP contribution >= 0.6 is 0 Å². The molecule has 0 amide bonds. The number of carboxylic acids is 1. The molecule has 4 nitrogen and oxygen atoms in total. The number of likely N-dealkylation sites (tertiary alicyclic amines) is 1. The van der Waals surface area contributed by atoms with Gasteiger partial charge in [-0.1, -0.05) is 0 Å². The lowest BCUT2D eigenvalue weighted by molar-refractivity contribution is -0.193. The first-order chi connectivity index (χ1) is 8.21. The lowest BCUT2D eigenvalue weighted by Crippen LogP contribution is -2.51. The van der Waals surface area contributed by atoms with Crippen molar-refractivity contribution in [2.75, 3.05) is 27.2 Å². The minimum atomic E-state index is -4.49. The van der Waals surface area contributed by atoms with Crippen LogP contribution in [0.25, 0.3) is 0 Å². The highest BCUT2D eigenvalue weighted by atomic mass is 19.4. The molecule has 0 aromatic rings. The van der Waals surface area contributed by atoms with E-state index in [1.54, 1.807) is 14.1 Å². The number of likely N-dealkylation sites (N-methyl/N-ethyl adjacent to an activating group) is 1. The molecule has 18 heavy (non-hydrogen) atoms. The Hall–Kier alpha value is -0.820. The van der Waals surface area contributed by atoms with Crippen molar-refractivity contribution in [2.45, 2.75) is 37.5 Å². The van der Waals surface area contributed by atoms with Gasteiger partial charge in [-0.05, 0) is 33.5 Å². The summed E-state index contributed by atoms with van der Waals surface area (Å²) >= 11 is 0. The average molecular weight is 268 g/mol. The van der Waals surface area contributed by atoms with E-state index in [1.807, 2.05) is 4.90 Å². The topological polar surface area (TPSA) is 43.8 Å². The third-order valence-corrected chi connectivity index (χ3v) is 3.14. The molecule has 2 unspecified atom stereocenters. The van der Waals surface area contributed by atoms with Gasteiger partial charge in [-0.2, -0.15) is 13.2 Å². The van der Waals surface area contributed by atoms with E-state index in [-0.39, 0.29) is 6.04 Å². The smallest absolute Gasteiger partial charge is 0.404 e. The summed E-state index contributed by atoms with van der Waals surface area (Å²) in [6.45, 7) is 0.835. The van der Waals surface area contributed by atoms with E-state index < -0.39 is 24.6 Å². The lowest BCUT2D eigenvalue weighted by atomic mass is 10.1.